The smallest absolute Gasteiger partial charge is 0.327 e. The molecule has 0 saturated carbocycles. The molecule has 0 aromatic carbocycles. The van der Waals surface area contributed by atoms with Gasteiger partial charge in [-0.1, -0.05) is 0 Å². The summed E-state index contributed by atoms with van der Waals surface area (Å²) in [4.78, 5) is 25.6. The molecule has 0 unspecified atom stereocenters. The highest BCUT2D eigenvalue weighted by atomic mass is 32.1. The van der Waals surface area contributed by atoms with Crippen LogP contribution in [0, 0.1) is 5.82 Å². The van der Waals surface area contributed by atoms with E-state index in [-0.39, 0.29) is 5.75 Å². The second-order valence-corrected chi connectivity index (χ2v) is 3.25. The Morgan fingerprint density at radius 1 is 1.62 bits per heavy atom. The zero-order valence-corrected chi connectivity index (χ0v) is 8.95. The fraction of sp³-hybridized carbons (Fsp3) is 0.222. The topological polar surface area (TPSA) is 79.3 Å². The maximum Gasteiger partial charge on any atom is 0.327 e. The molecule has 0 saturated heterocycles. The summed E-state index contributed by atoms with van der Waals surface area (Å²) in [5.41, 5.74) is -0.435. The number of aliphatic carboxylic acids is 1. The molecule has 0 spiro atoms. The van der Waals surface area contributed by atoms with Crippen molar-refractivity contribution in [1.29, 1.82) is 0 Å². The van der Waals surface area contributed by atoms with E-state index < -0.39 is 29.4 Å². The van der Waals surface area contributed by atoms with Crippen LogP contribution in [0.15, 0.2) is 18.3 Å². The SMILES string of the molecule is O=C(N[C@@H](CS)C(=O)O)c1ncccc1F. The van der Waals surface area contributed by atoms with Crippen molar-refractivity contribution >= 4 is 24.5 Å². The van der Waals surface area contributed by atoms with Gasteiger partial charge in [-0.2, -0.15) is 12.6 Å². The minimum absolute atomic E-state index is 0.0878. The van der Waals surface area contributed by atoms with E-state index in [9.17, 15) is 14.0 Å². The average molecular weight is 244 g/mol. The molecule has 1 heterocycles. The van der Waals surface area contributed by atoms with E-state index in [1.807, 2.05) is 0 Å². The van der Waals surface area contributed by atoms with Crippen molar-refractivity contribution in [3.8, 4) is 0 Å². The highest BCUT2D eigenvalue weighted by molar-refractivity contribution is 7.80. The largest absolute Gasteiger partial charge is 0.480 e. The fourth-order valence-electron chi connectivity index (χ4n) is 0.965. The summed E-state index contributed by atoms with van der Waals surface area (Å²) in [6.45, 7) is 0. The molecule has 1 aromatic rings. The van der Waals surface area contributed by atoms with Gasteiger partial charge in [0, 0.05) is 11.9 Å². The Morgan fingerprint density at radius 2 is 2.31 bits per heavy atom. The van der Waals surface area contributed by atoms with Crippen LogP contribution in [0.25, 0.3) is 0 Å². The number of nitrogens with zero attached hydrogens (tertiary/aromatic N) is 1. The zero-order chi connectivity index (χ0) is 12.1. The van der Waals surface area contributed by atoms with Crippen molar-refractivity contribution in [2.45, 2.75) is 6.04 Å². The van der Waals surface area contributed by atoms with Crippen LogP contribution >= 0.6 is 12.6 Å². The van der Waals surface area contributed by atoms with Crippen LogP contribution in [-0.2, 0) is 4.79 Å². The second-order valence-electron chi connectivity index (χ2n) is 2.88. The number of hydrogen-bond acceptors (Lipinski definition) is 4. The monoisotopic (exact) mass is 244 g/mol. The molecule has 1 aromatic heterocycles. The Kier molecular flexibility index (Phi) is 4.24. The molecule has 1 amide bonds. The summed E-state index contributed by atoms with van der Waals surface area (Å²) >= 11 is 3.76. The Balaban J connectivity index is 2.80. The molecular weight excluding hydrogens is 235 g/mol. The molecule has 1 rings (SSSR count). The summed E-state index contributed by atoms with van der Waals surface area (Å²) < 4.78 is 13.1. The van der Waals surface area contributed by atoms with E-state index in [4.69, 9.17) is 5.11 Å². The van der Waals surface area contributed by atoms with Crippen LogP contribution in [0.4, 0.5) is 4.39 Å². The van der Waals surface area contributed by atoms with E-state index in [1.165, 1.54) is 12.3 Å². The number of hydrogen-bond donors (Lipinski definition) is 3. The molecule has 0 bridgehead atoms. The normalized spacial score (nSPS) is 11.9. The number of amides is 1. The molecule has 0 aliphatic heterocycles. The van der Waals surface area contributed by atoms with Crippen LogP contribution in [0.2, 0.25) is 0 Å². The molecule has 7 heteroatoms. The third-order valence-corrected chi connectivity index (χ3v) is 2.12. The Labute approximate surface area is 96.1 Å². The van der Waals surface area contributed by atoms with Gasteiger partial charge in [0.15, 0.2) is 11.5 Å². The lowest BCUT2D eigenvalue weighted by Gasteiger charge is -2.11. The molecule has 5 nitrogen and oxygen atoms in total. The number of nitrogens with one attached hydrogen (secondary N) is 1. The Bertz CT molecular complexity index is 413. The summed E-state index contributed by atoms with van der Waals surface area (Å²) in [6.07, 6.45) is 1.24. The first-order valence-corrected chi connectivity index (χ1v) is 4.94. The molecule has 0 radical (unpaired) electrons. The van der Waals surface area contributed by atoms with E-state index in [1.54, 1.807) is 0 Å². The van der Waals surface area contributed by atoms with E-state index in [0.29, 0.717) is 0 Å². The number of pyridine rings is 1. The van der Waals surface area contributed by atoms with Crippen molar-refractivity contribution in [3.05, 3.63) is 29.8 Å². The number of carboxylic acids is 1. The maximum absolute atomic E-state index is 13.1. The number of halogens is 1. The van der Waals surface area contributed by atoms with Gasteiger partial charge >= 0.3 is 5.97 Å². The summed E-state index contributed by atoms with van der Waals surface area (Å²) in [6, 6.07) is 1.23. The van der Waals surface area contributed by atoms with Crippen LogP contribution in [0.5, 0.6) is 0 Å². The molecule has 0 aliphatic rings. The lowest BCUT2D eigenvalue weighted by Crippen LogP contribution is -2.42. The lowest BCUT2D eigenvalue weighted by molar-refractivity contribution is -0.138. The summed E-state index contributed by atoms with van der Waals surface area (Å²) in [5.74, 6) is -3.00. The predicted octanol–water partition coefficient (Wildman–Crippen LogP) is 0.333. The number of carbonyl (C=O) groups excluding carboxylic acids is 1. The summed E-state index contributed by atoms with van der Waals surface area (Å²) in [7, 11) is 0. The standard InChI is InChI=1S/C9H9FN2O3S/c10-5-2-1-3-11-7(5)8(13)12-6(4-16)9(14)15/h1-3,6,16H,4H2,(H,12,13)(H,14,15)/t6-/m0/s1. The number of aromatic nitrogens is 1. The van der Waals surface area contributed by atoms with E-state index in [2.05, 4.69) is 22.9 Å². The first kappa shape index (κ1) is 12.4. The number of carbonyl (C=O) groups is 2. The molecule has 0 fully saturated rings. The van der Waals surface area contributed by atoms with Gasteiger partial charge in [0.2, 0.25) is 0 Å². The van der Waals surface area contributed by atoms with Crippen LogP contribution in [0.1, 0.15) is 10.5 Å². The van der Waals surface area contributed by atoms with Gasteiger partial charge in [-0.15, -0.1) is 0 Å². The van der Waals surface area contributed by atoms with Crippen molar-refractivity contribution < 1.29 is 19.1 Å². The van der Waals surface area contributed by atoms with Gasteiger partial charge in [-0.05, 0) is 12.1 Å². The molecule has 1 atom stereocenters. The van der Waals surface area contributed by atoms with Gasteiger partial charge in [-0.3, -0.25) is 4.79 Å². The van der Waals surface area contributed by atoms with Gasteiger partial charge in [-0.25, -0.2) is 14.2 Å². The fourth-order valence-corrected chi connectivity index (χ4v) is 1.21. The zero-order valence-electron chi connectivity index (χ0n) is 8.05. The van der Waals surface area contributed by atoms with Crippen LogP contribution < -0.4 is 5.32 Å². The lowest BCUT2D eigenvalue weighted by atomic mass is 10.3. The Morgan fingerprint density at radius 3 is 2.81 bits per heavy atom. The van der Waals surface area contributed by atoms with Crippen LogP contribution in [0.3, 0.4) is 0 Å². The molecule has 0 aliphatic carbocycles. The highest BCUT2D eigenvalue weighted by Crippen LogP contribution is 2.03. The van der Waals surface area contributed by atoms with Crippen molar-refractivity contribution in [2.75, 3.05) is 5.75 Å². The van der Waals surface area contributed by atoms with Crippen LogP contribution in [-0.4, -0.2) is 33.8 Å². The van der Waals surface area contributed by atoms with E-state index in [0.717, 1.165) is 6.07 Å². The van der Waals surface area contributed by atoms with E-state index >= 15 is 0 Å². The quantitative estimate of drug-likeness (QED) is 0.667. The number of carboxylic acid groups (broad SMARTS) is 1. The predicted molar refractivity (Wildman–Crippen MR) is 56.9 cm³/mol. The number of rotatable bonds is 4. The van der Waals surface area contributed by atoms with Gasteiger partial charge < -0.3 is 10.4 Å². The third kappa shape index (κ3) is 2.93. The molecular formula is C9H9FN2O3S. The molecule has 16 heavy (non-hydrogen) atoms. The van der Waals surface area contributed by atoms with Crippen molar-refractivity contribution in [1.82, 2.24) is 10.3 Å². The summed E-state index contributed by atoms with van der Waals surface area (Å²) in [5, 5.41) is 10.8. The minimum Gasteiger partial charge on any atom is -0.480 e. The third-order valence-electron chi connectivity index (χ3n) is 1.76. The maximum atomic E-state index is 13.1. The highest BCUT2D eigenvalue weighted by Gasteiger charge is 2.21. The van der Waals surface area contributed by atoms with Crippen molar-refractivity contribution in [3.63, 3.8) is 0 Å². The first-order valence-electron chi connectivity index (χ1n) is 4.31. The first-order chi connectivity index (χ1) is 7.56. The Hall–Kier alpha value is -1.63. The molecule has 2 N–H and O–H groups in total. The number of thiol groups is 1. The second kappa shape index (κ2) is 5.45. The molecule has 86 valence electrons. The van der Waals surface area contributed by atoms with Crippen molar-refractivity contribution in [2.24, 2.45) is 0 Å². The van der Waals surface area contributed by atoms with Gasteiger partial charge in [0.25, 0.3) is 5.91 Å². The van der Waals surface area contributed by atoms with Gasteiger partial charge in [0.05, 0.1) is 0 Å². The average Bonchev–Trinajstić information content (AvgIpc) is 2.25. The van der Waals surface area contributed by atoms with Gasteiger partial charge in [0.1, 0.15) is 6.04 Å². The minimum atomic E-state index is -1.24.